The second-order valence-electron chi connectivity index (χ2n) is 8.64. The number of anilines is 2. The average Bonchev–Trinajstić information content (AvgIpc) is 2.92. The maximum Gasteiger partial charge on any atom is 0.307 e. The molecule has 3 N–H and O–H groups in total. The van der Waals surface area contributed by atoms with Gasteiger partial charge < -0.3 is 20.5 Å². The number of aliphatic carboxylic acids is 1. The van der Waals surface area contributed by atoms with Crippen LogP contribution in [0.3, 0.4) is 0 Å². The Morgan fingerprint density at radius 3 is 2.24 bits per heavy atom. The van der Waals surface area contributed by atoms with Crippen LogP contribution in [-0.2, 0) is 14.4 Å². The van der Waals surface area contributed by atoms with Crippen LogP contribution in [0.15, 0.2) is 95.9 Å². The maximum absolute atomic E-state index is 13.3. The summed E-state index contributed by atoms with van der Waals surface area (Å²) >= 11 is 1.37. The van der Waals surface area contributed by atoms with E-state index in [1.165, 1.54) is 11.8 Å². The molecular formula is C29H28N2O5S. The highest BCUT2D eigenvalue weighted by atomic mass is 32.2. The number of benzene rings is 3. The topological polar surface area (TPSA) is 105 Å². The Labute approximate surface area is 219 Å². The van der Waals surface area contributed by atoms with Gasteiger partial charge in [0.2, 0.25) is 11.8 Å². The predicted octanol–water partition coefficient (Wildman–Crippen LogP) is 5.77. The summed E-state index contributed by atoms with van der Waals surface area (Å²) in [5.41, 5.74) is 2.05. The van der Waals surface area contributed by atoms with Gasteiger partial charge in [0.15, 0.2) is 0 Å². The molecule has 0 bridgehead atoms. The second-order valence-corrected chi connectivity index (χ2v) is 9.82. The highest BCUT2D eigenvalue weighted by molar-refractivity contribution is 8.00. The first kappa shape index (κ1) is 26.0. The molecular weight excluding hydrogens is 488 g/mol. The number of rotatable bonds is 9. The lowest BCUT2D eigenvalue weighted by Crippen LogP contribution is -2.34. The molecule has 190 valence electrons. The van der Waals surface area contributed by atoms with Gasteiger partial charge >= 0.3 is 5.97 Å². The number of allylic oxidation sites excluding steroid dienone is 2. The van der Waals surface area contributed by atoms with E-state index in [1.807, 2.05) is 42.5 Å². The number of thioether (sulfide) groups is 1. The molecule has 8 heteroatoms. The van der Waals surface area contributed by atoms with Gasteiger partial charge in [-0.25, -0.2) is 0 Å². The van der Waals surface area contributed by atoms with Crippen molar-refractivity contribution in [3.8, 4) is 5.75 Å². The SMILES string of the molecule is COc1ccc(NC(=O)C(Sc2cccc(NC(=O)C3CC=CCC3C(=O)O)c2)c2ccccc2)cc1. The highest BCUT2D eigenvalue weighted by Crippen LogP contribution is 2.37. The second kappa shape index (κ2) is 12.3. The van der Waals surface area contributed by atoms with Crippen LogP contribution in [0.5, 0.6) is 5.75 Å². The van der Waals surface area contributed by atoms with Gasteiger partial charge in [0.1, 0.15) is 11.0 Å². The molecule has 4 rings (SSSR count). The van der Waals surface area contributed by atoms with Crippen molar-refractivity contribution >= 4 is 40.9 Å². The molecule has 0 heterocycles. The van der Waals surface area contributed by atoms with Crippen molar-refractivity contribution in [3.05, 3.63) is 96.6 Å². The number of carbonyl (C=O) groups is 3. The van der Waals surface area contributed by atoms with Crippen molar-refractivity contribution in [3.63, 3.8) is 0 Å². The number of ether oxygens (including phenoxy) is 1. The molecule has 1 aliphatic carbocycles. The number of carbonyl (C=O) groups excluding carboxylic acids is 2. The summed E-state index contributed by atoms with van der Waals surface area (Å²) in [6.07, 6.45) is 4.38. The summed E-state index contributed by atoms with van der Waals surface area (Å²) in [6, 6.07) is 23.8. The van der Waals surface area contributed by atoms with Crippen molar-refractivity contribution in [2.24, 2.45) is 11.8 Å². The summed E-state index contributed by atoms with van der Waals surface area (Å²) in [4.78, 5) is 38.6. The van der Waals surface area contributed by atoms with Gasteiger partial charge in [-0.05, 0) is 60.9 Å². The van der Waals surface area contributed by atoms with Crippen LogP contribution in [0.1, 0.15) is 23.7 Å². The minimum Gasteiger partial charge on any atom is -0.497 e. The van der Waals surface area contributed by atoms with Crippen molar-refractivity contribution in [2.45, 2.75) is 23.0 Å². The van der Waals surface area contributed by atoms with Crippen molar-refractivity contribution < 1.29 is 24.2 Å². The number of amides is 2. The minimum absolute atomic E-state index is 0.186. The number of carboxylic acid groups (broad SMARTS) is 1. The summed E-state index contributed by atoms with van der Waals surface area (Å²) in [7, 11) is 1.59. The molecule has 1 aliphatic rings. The molecule has 0 saturated heterocycles. The van der Waals surface area contributed by atoms with Crippen LogP contribution in [0.2, 0.25) is 0 Å². The van der Waals surface area contributed by atoms with E-state index in [0.717, 1.165) is 10.5 Å². The number of hydrogen-bond donors (Lipinski definition) is 3. The van der Waals surface area contributed by atoms with E-state index in [9.17, 15) is 19.5 Å². The normalized spacial score (nSPS) is 17.4. The summed E-state index contributed by atoms with van der Waals surface area (Å²) in [6.45, 7) is 0. The van der Waals surface area contributed by atoms with E-state index in [0.29, 0.717) is 30.0 Å². The Morgan fingerprint density at radius 2 is 1.57 bits per heavy atom. The Kier molecular flexibility index (Phi) is 8.64. The van der Waals surface area contributed by atoms with E-state index >= 15 is 0 Å². The van der Waals surface area contributed by atoms with E-state index in [-0.39, 0.29) is 11.8 Å². The predicted molar refractivity (Wildman–Crippen MR) is 145 cm³/mol. The fourth-order valence-electron chi connectivity index (χ4n) is 4.18. The first-order valence-corrected chi connectivity index (χ1v) is 12.8. The number of carboxylic acids is 1. The lowest BCUT2D eigenvalue weighted by atomic mass is 9.82. The largest absolute Gasteiger partial charge is 0.497 e. The van der Waals surface area contributed by atoms with Crippen LogP contribution in [0.4, 0.5) is 11.4 Å². The number of hydrogen-bond acceptors (Lipinski definition) is 5. The number of nitrogens with one attached hydrogen (secondary N) is 2. The zero-order chi connectivity index (χ0) is 26.2. The first-order valence-electron chi connectivity index (χ1n) is 11.9. The Hall–Kier alpha value is -4.04. The molecule has 0 spiro atoms. The van der Waals surface area contributed by atoms with Gasteiger partial charge in [-0.2, -0.15) is 0 Å². The molecule has 0 radical (unpaired) electrons. The van der Waals surface area contributed by atoms with Crippen LogP contribution >= 0.6 is 11.8 Å². The van der Waals surface area contributed by atoms with Gasteiger partial charge in [0, 0.05) is 16.3 Å². The number of methoxy groups -OCH3 is 1. The molecule has 37 heavy (non-hydrogen) atoms. The van der Waals surface area contributed by atoms with E-state index in [1.54, 1.807) is 55.7 Å². The molecule has 7 nitrogen and oxygen atoms in total. The lowest BCUT2D eigenvalue weighted by Gasteiger charge is -2.24. The molecule has 2 amide bonds. The van der Waals surface area contributed by atoms with Gasteiger partial charge in [-0.3, -0.25) is 14.4 Å². The lowest BCUT2D eigenvalue weighted by molar-refractivity contribution is -0.146. The van der Waals surface area contributed by atoms with E-state index in [4.69, 9.17) is 4.74 Å². The minimum atomic E-state index is -0.970. The quantitative estimate of drug-likeness (QED) is 0.246. The molecule has 0 aliphatic heterocycles. The van der Waals surface area contributed by atoms with Gasteiger partial charge in [0.05, 0.1) is 18.9 Å². The third kappa shape index (κ3) is 6.80. The van der Waals surface area contributed by atoms with Crippen LogP contribution in [0, 0.1) is 11.8 Å². The molecule has 0 aromatic heterocycles. The van der Waals surface area contributed by atoms with E-state index < -0.39 is 23.1 Å². The fourth-order valence-corrected chi connectivity index (χ4v) is 5.26. The average molecular weight is 517 g/mol. The van der Waals surface area contributed by atoms with Crippen LogP contribution in [-0.4, -0.2) is 30.0 Å². The fraction of sp³-hybridized carbons (Fsp3) is 0.207. The van der Waals surface area contributed by atoms with Crippen molar-refractivity contribution in [1.29, 1.82) is 0 Å². The third-order valence-corrected chi connectivity index (χ3v) is 7.39. The standard InChI is InChI=1S/C29H28N2O5S/c1-36-22-16-14-20(15-17-22)30-28(33)26(19-8-3-2-4-9-19)37-23-11-7-10-21(18-23)31-27(32)24-12-5-6-13-25(24)29(34)35/h2-11,14-18,24-26H,12-13H2,1H3,(H,30,33)(H,31,32)(H,34,35). The van der Waals surface area contributed by atoms with Crippen molar-refractivity contribution in [1.82, 2.24) is 0 Å². The van der Waals surface area contributed by atoms with Gasteiger partial charge in [0.25, 0.3) is 0 Å². The van der Waals surface area contributed by atoms with Gasteiger partial charge in [-0.15, -0.1) is 11.8 Å². The van der Waals surface area contributed by atoms with Crippen molar-refractivity contribution in [2.75, 3.05) is 17.7 Å². The van der Waals surface area contributed by atoms with Crippen LogP contribution in [0.25, 0.3) is 0 Å². The molecule has 3 atom stereocenters. The third-order valence-electron chi connectivity index (χ3n) is 6.14. The maximum atomic E-state index is 13.3. The van der Waals surface area contributed by atoms with Gasteiger partial charge in [-0.1, -0.05) is 48.6 Å². The molecule has 0 fully saturated rings. The monoisotopic (exact) mass is 516 g/mol. The van der Waals surface area contributed by atoms with E-state index in [2.05, 4.69) is 10.6 Å². The molecule has 0 saturated carbocycles. The zero-order valence-corrected chi connectivity index (χ0v) is 21.1. The summed E-state index contributed by atoms with van der Waals surface area (Å²) < 4.78 is 5.19. The summed E-state index contributed by atoms with van der Waals surface area (Å²) in [5.74, 6) is -2.16. The smallest absolute Gasteiger partial charge is 0.307 e. The zero-order valence-electron chi connectivity index (χ0n) is 20.3. The summed E-state index contributed by atoms with van der Waals surface area (Å²) in [5, 5.41) is 14.8. The molecule has 3 unspecified atom stereocenters. The first-order chi connectivity index (χ1) is 17.9. The highest BCUT2D eigenvalue weighted by Gasteiger charge is 2.34. The Balaban J connectivity index is 1.51. The molecule has 3 aromatic rings. The Morgan fingerprint density at radius 1 is 0.865 bits per heavy atom. The van der Waals surface area contributed by atoms with Crippen LogP contribution < -0.4 is 15.4 Å². The Bertz CT molecular complexity index is 1280. The molecule has 3 aromatic carbocycles.